The van der Waals surface area contributed by atoms with Gasteiger partial charge in [-0.05, 0) is 30.0 Å². The van der Waals surface area contributed by atoms with E-state index in [1.54, 1.807) is 5.38 Å². The zero-order chi connectivity index (χ0) is 34.1. The number of thioether (sulfide) groups is 1. The number of rotatable bonds is 11. The second-order valence-corrected chi connectivity index (χ2v) is 13.8. The molecule has 4 aromatic rings. The van der Waals surface area contributed by atoms with Crippen LogP contribution in [0.2, 0.25) is 0 Å². The number of benzene rings is 1. The van der Waals surface area contributed by atoms with Gasteiger partial charge in [0.15, 0.2) is 23.6 Å². The molecule has 0 saturated carbocycles. The molecule has 4 N–H and O–H groups in total. The number of carbonyl (C=O) groups excluding carboxylic acids is 2. The quantitative estimate of drug-likeness (QED) is 0.0919. The first-order valence-corrected chi connectivity index (χ1v) is 17.6. The highest BCUT2D eigenvalue weighted by Crippen LogP contribution is 2.40. The average Bonchev–Trinajstić information content (AvgIpc) is 3.88. The number of aromatic nitrogens is 3. The van der Waals surface area contributed by atoms with Crippen LogP contribution in [-0.4, -0.2) is 91.6 Å². The molecule has 3 aromatic heterocycles. The van der Waals surface area contributed by atoms with Crippen LogP contribution in [0.4, 0.5) is 5.13 Å². The Morgan fingerprint density at radius 2 is 2.00 bits per heavy atom. The Bertz CT molecular complexity index is 2010. The third-order valence-electron chi connectivity index (χ3n) is 8.66. The number of hydrogen-bond donors (Lipinski definition) is 3. The topological polar surface area (TPSA) is 172 Å². The third kappa shape index (κ3) is 6.48. The molecule has 252 valence electrons. The van der Waals surface area contributed by atoms with E-state index in [9.17, 15) is 19.5 Å². The molecule has 2 amide bonds. The van der Waals surface area contributed by atoms with Crippen LogP contribution in [0.25, 0.3) is 11.0 Å². The number of carbonyl (C=O) groups is 3. The zero-order valence-electron chi connectivity index (χ0n) is 26.6. The van der Waals surface area contributed by atoms with Crippen molar-refractivity contribution < 1.29 is 28.9 Å². The second-order valence-electron chi connectivity index (χ2n) is 11.8. The van der Waals surface area contributed by atoms with Crippen LogP contribution >= 0.6 is 23.1 Å². The van der Waals surface area contributed by atoms with Gasteiger partial charge >= 0.3 is 5.97 Å². The SMILES string of the molecule is CO/N=C(\C(=O)N[C@@H]1C(=O)N2C(C(=O)O)=C(C[n+]3cccc4c3ccn4Cc3ccc(C=NN4CCCC4)cc3)CS[C@H]12)c1csc(N)n1. The van der Waals surface area contributed by atoms with Gasteiger partial charge < -0.3 is 25.6 Å². The lowest BCUT2D eigenvalue weighted by molar-refractivity contribution is -0.663. The molecule has 2 atom stereocenters. The van der Waals surface area contributed by atoms with Crippen molar-refractivity contribution in [3.05, 3.63) is 88.3 Å². The summed E-state index contributed by atoms with van der Waals surface area (Å²) in [4.78, 5) is 49.2. The minimum Gasteiger partial charge on any atom is -0.477 e. The number of hydrogen-bond acceptors (Lipinski definition) is 11. The molecule has 2 saturated heterocycles. The van der Waals surface area contributed by atoms with E-state index in [0.717, 1.165) is 46.6 Å². The highest BCUT2D eigenvalue weighted by Gasteiger charge is 2.55. The van der Waals surface area contributed by atoms with Gasteiger partial charge in [-0.15, -0.1) is 23.1 Å². The first kappa shape index (κ1) is 32.3. The van der Waals surface area contributed by atoms with Gasteiger partial charge in [0.25, 0.3) is 11.8 Å². The predicted octanol–water partition coefficient (Wildman–Crippen LogP) is 2.23. The highest BCUT2D eigenvalue weighted by atomic mass is 32.2. The molecule has 14 nitrogen and oxygen atoms in total. The number of anilines is 1. The molecule has 0 aliphatic carbocycles. The summed E-state index contributed by atoms with van der Waals surface area (Å²) in [6.45, 7) is 2.97. The predicted molar refractivity (Wildman–Crippen MR) is 186 cm³/mol. The number of carboxylic acid groups (broad SMARTS) is 1. The van der Waals surface area contributed by atoms with E-state index in [1.165, 1.54) is 36.6 Å². The number of aliphatic carboxylic acids is 1. The van der Waals surface area contributed by atoms with Crippen molar-refractivity contribution in [1.29, 1.82) is 0 Å². The molecule has 2 fully saturated rings. The van der Waals surface area contributed by atoms with Crippen molar-refractivity contribution >= 4 is 69.0 Å². The fourth-order valence-electron chi connectivity index (χ4n) is 6.27. The normalized spacial score (nSPS) is 19.4. The summed E-state index contributed by atoms with van der Waals surface area (Å²) in [5.41, 5.74) is 10.5. The van der Waals surface area contributed by atoms with Crippen molar-refractivity contribution in [2.75, 3.05) is 31.7 Å². The Kier molecular flexibility index (Phi) is 9.05. The molecule has 3 aliphatic heterocycles. The van der Waals surface area contributed by atoms with Crippen LogP contribution in [0.5, 0.6) is 0 Å². The summed E-state index contributed by atoms with van der Waals surface area (Å²) in [5, 5.41) is 24.6. The molecule has 0 bridgehead atoms. The third-order valence-corrected chi connectivity index (χ3v) is 10.7. The van der Waals surface area contributed by atoms with E-state index < -0.39 is 29.2 Å². The number of nitrogens with two attached hydrogens (primary N) is 1. The Hall–Kier alpha value is -5.22. The van der Waals surface area contributed by atoms with Crippen LogP contribution in [0, 0.1) is 0 Å². The van der Waals surface area contributed by atoms with Gasteiger partial charge in [-0.25, -0.2) is 9.78 Å². The van der Waals surface area contributed by atoms with E-state index in [2.05, 4.69) is 54.4 Å². The molecule has 6 heterocycles. The number of pyridine rings is 1. The number of nitrogens with zero attached hydrogens (tertiary/aromatic N) is 7. The lowest BCUT2D eigenvalue weighted by atomic mass is 10.0. The van der Waals surface area contributed by atoms with Gasteiger partial charge in [0, 0.05) is 54.7 Å². The van der Waals surface area contributed by atoms with Crippen LogP contribution in [0.1, 0.15) is 29.7 Å². The lowest BCUT2D eigenvalue weighted by Gasteiger charge is -2.49. The summed E-state index contributed by atoms with van der Waals surface area (Å²) < 4.78 is 4.16. The maximum absolute atomic E-state index is 13.3. The van der Waals surface area contributed by atoms with E-state index in [1.807, 2.05) is 41.4 Å². The Morgan fingerprint density at radius 3 is 2.71 bits per heavy atom. The number of oxime groups is 1. The van der Waals surface area contributed by atoms with Crippen molar-refractivity contribution in [3.63, 3.8) is 0 Å². The Labute approximate surface area is 289 Å². The van der Waals surface area contributed by atoms with Crippen LogP contribution in [0.15, 0.2) is 81.8 Å². The van der Waals surface area contributed by atoms with Crippen molar-refractivity contribution in [2.24, 2.45) is 10.3 Å². The first-order chi connectivity index (χ1) is 23.8. The van der Waals surface area contributed by atoms with E-state index in [-0.39, 0.29) is 28.8 Å². The molecule has 3 aliphatic rings. The Morgan fingerprint density at radius 1 is 1.20 bits per heavy atom. The number of hydrazone groups is 1. The number of fused-ring (bicyclic) bond motifs is 2. The number of nitrogens with one attached hydrogen (secondary N) is 1. The number of thiazole rings is 1. The van der Waals surface area contributed by atoms with Crippen molar-refractivity contribution in [1.82, 2.24) is 24.8 Å². The fraction of sp³-hybridized carbons (Fsp3) is 0.303. The average molecular weight is 701 g/mol. The number of nitrogen functional groups attached to an aromatic ring is 1. The van der Waals surface area contributed by atoms with Crippen LogP contribution in [0.3, 0.4) is 0 Å². The fourth-order valence-corrected chi connectivity index (χ4v) is 8.16. The minimum absolute atomic E-state index is 0.0606. The summed E-state index contributed by atoms with van der Waals surface area (Å²) in [5.74, 6) is -2.02. The second kappa shape index (κ2) is 13.7. The maximum Gasteiger partial charge on any atom is 0.352 e. The molecular weight excluding hydrogens is 667 g/mol. The van der Waals surface area contributed by atoms with Gasteiger partial charge in [-0.1, -0.05) is 29.4 Å². The van der Waals surface area contributed by atoms with Gasteiger partial charge in [-0.2, -0.15) is 9.67 Å². The van der Waals surface area contributed by atoms with Gasteiger partial charge in [0.1, 0.15) is 35.4 Å². The lowest BCUT2D eigenvalue weighted by Crippen LogP contribution is -2.71. The van der Waals surface area contributed by atoms with Gasteiger partial charge in [0.05, 0.1) is 6.21 Å². The van der Waals surface area contributed by atoms with Gasteiger partial charge in [0.2, 0.25) is 5.52 Å². The van der Waals surface area contributed by atoms with E-state index >= 15 is 0 Å². The highest BCUT2D eigenvalue weighted by molar-refractivity contribution is 8.00. The smallest absolute Gasteiger partial charge is 0.352 e. The van der Waals surface area contributed by atoms with Crippen molar-refractivity contribution in [3.8, 4) is 0 Å². The molecule has 16 heteroatoms. The summed E-state index contributed by atoms with van der Waals surface area (Å²) in [7, 11) is 1.29. The monoisotopic (exact) mass is 700 g/mol. The summed E-state index contributed by atoms with van der Waals surface area (Å²) >= 11 is 2.53. The molecule has 49 heavy (non-hydrogen) atoms. The summed E-state index contributed by atoms with van der Waals surface area (Å²) in [6.07, 6.45) is 8.23. The van der Waals surface area contributed by atoms with Crippen molar-refractivity contribution in [2.45, 2.75) is 37.3 Å². The summed E-state index contributed by atoms with van der Waals surface area (Å²) in [6, 6.07) is 13.4. The van der Waals surface area contributed by atoms with Gasteiger partial charge in [-0.3, -0.25) is 19.5 Å². The zero-order valence-corrected chi connectivity index (χ0v) is 28.2. The van der Waals surface area contributed by atoms with Crippen LogP contribution < -0.4 is 15.6 Å². The standard InChI is InChI=1S/C33H33N9O5S2/c1-47-38-26(23-19-49-33(34)36-23)29(43)37-27-30(44)42-28(32(45)46)22(18-48-31(27)42)17-39-11-4-5-24-25(39)10-14-40(24)16-21-8-6-20(7-9-21)15-35-41-12-2-3-13-41/h4-11,14-15,19,27,31H,2-3,12-13,16-18H2,1H3,(H3-,34,36,37,43,45,46)/p+1/b35-15?,38-26-/t27-,31-/m1/s1. The molecule has 7 rings (SSSR count). The number of β-lactam (4-membered cyclic amide) rings is 1. The first-order valence-electron chi connectivity index (χ1n) is 15.7. The number of carboxylic acids is 1. The maximum atomic E-state index is 13.3. The molecular formula is C33H34N9O5S2+. The molecule has 0 spiro atoms. The number of amides is 2. The van der Waals surface area contributed by atoms with E-state index in [0.29, 0.717) is 17.9 Å². The molecule has 0 radical (unpaired) electrons. The molecule has 0 unspecified atom stereocenters. The van der Waals surface area contributed by atoms with Crippen LogP contribution in [-0.2, 0) is 32.3 Å². The van der Waals surface area contributed by atoms with E-state index in [4.69, 9.17) is 10.6 Å². The Balaban J connectivity index is 1.06. The minimum atomic E-state index is -1.20. The largest absolute Gasteiger partial charge is 0.477 e. The molecule has 1 aromatic carbocycles.